The lowest BCUT2D eigenvalue weighted by atomic mass is 9.98. The smallest absolute Gasteiger partial charge is 0.189 e. The molecule has 0 atom stereocenters. The van der Waals surface area contributed by atoms with E-state index in [2.05, 4.69) is 0 Å². The van der Waals surface area contributed by atoms with Gasteiger partial charge in [0, 0.05) is 30.8 Å². The first kappa shape index (κ1) is 21.4. The fourth-order valence-electron chi connectivity index (χ4n) is 2.94. The summed E-state index contributed by atoms with van der Waals surface area (Å²) in [5.74, 6) is 2.16. The SMILES string of the molecule is CCOc1ccc(C(=O)C(=Cc2cc(OC)ccc2OC)CC)cc1N(C)C. The van der Waals surface area contributed by atoms with Crippen LogP contribution in [0.15, 0.2) is 42.0 Å². The molecule has 0 fully saturated rings. The lowest BCUT2D eigenvalue weighted by Gasteiger charge is -2.18. The fourth-order valence-corrected chi connectivity index (χ4v) is 2.94. The molecule has 0 spiro atoms. The molecule has 28 heavy (non-hydrogen) atoms. The monoisotopic (exact) mass is 383 g/mol. The van der Waals surface area contributed by atoms with E-state index in [1.165, 1.54) is 0 Å². The van der Waals surface area contributed by atoms with Crippen molar-refractivity contribution in [1.29, 1.82) is 0 Å². The van der Waals surface area contributed by atoms with Gasteiger partial charge in [-0.05, 0) is 55.8 Å². The van der Waals surface area contributed by atoms with Gasteiger partial charge in [0.05, 0.1) is 26.5 Å². The average molecular weight is 383 g/mol. The Hall–Kier alpha value is -2.95. The zero-order chi connectivity index (χ0) is 20.7. The number of ketones is 1. The van der Waals surface area contributed by atoms with E-state index in [0.717, 1.165) is 17.0 Å². The predicted octanol–water partition coefficient (Wildman–Crippen LogP) is 4.84. The summed E-state index contributed by atoms with van der Waals surface area (Å²) < 4.78 is 16.4. The molecule has 0 bridgehead atoms. The summed E-state index contributed by atoms with van der Waals surface area (Å²) in [7, 11) is 7.10. The lowest BCUT2D eigenvalue weighted by molar-refractivity contribution is 0.103. The molecule has 0 amide bonds. The maximum absolute atomic E-state index is 13.2. The minimum absolute atomic E-state index is 0.0153. The second kappa shape index (κ2) is 9.83. The normalized spacial score (nSPS) is 11.1. The number of carbonyl (C=O) groups is 1. The van der Waals surface area contributed by atoms with Crippen LogP contribution in [0.3, 0.4) is 0 Å². The van der Waals surface area contributed by atoms with E-state index in [1.807, 2.05) is 75.3 Å². The van der Waals surface area contributed by atoms with Gasteiger partial charge in [0.25, 0.3) is 0 Å². The van der Waals surface area contributed by atoms with E-state index in [1.54, 1.807) is 14.2 Å². The molecule has 0 saturated carbocycles. The molecule has 0 radical (unpaired) electrons. The number of anilines is 1. The first-order valence-electron chi connectivity index (χ1n) is 9.36. The Bertz CT molecular complexity index is 856. The summed E-state index contributed by atoms with van der Waals surface area (Å²) in [5, 5.41) is 0. The van der Waals surface area contributed by atoms with E-state index in [4.69, 9.17) is 14.2 Å². The van der Waals surface area contributed by atoms with Crippen molar-refractivity contribution in [3.63, 3.8) is 0 Å². The first-order chi connectivity index (χ1) is 13.4. The Labute approximate surface area is 167 Å². The molecule has 2 rings (SSSR count). The number of allylic oxidation sites excluding steroid dienone is 1. The topological polar surface area (TPSA) is 48.0 Å². The van der Waals surface area contributed by atoms with Crippen molar-refractivity contribution in [2.45, 2.75) is 20.3 Å². The molecule has 2 aromatic rings. The number of benzene rings is 2. The first-order valence-corrected chi connectivity index (χ1v) is 9.36. The van der Waals surface area contributed by atoms with Gasteiger partial charge < -0.3 is 19.1 Å². The van der Waals surface area contributed by atoms with Crippen molar-refractivity contribution in [2.24, 2.45) is 0 Å². The molecular weight excluding hydrogens is 354 g/mol. The number of hydrogen-bond donors (Lipinski definition) is 0. The summed E-state index contributed by atoms with van der Waals surface area (Å²) in [6, 6.07) is 11.1. The molecule has 0 aliphatic rings. The van der Waals surface area contributed by atoms with Gasteiger partial charge in [-0.1, -0.05) is 6.92 Å². The molecule has 0 N–H and O–H groups in total. The van der Waals surface area contributed by atoms with Gasteiger partial charge in [0.15, 0.2) is 5.78 Å². The van der Waals surface area contributed by atoms with Crippen LogP contribution in [0.25, 0.3) is 6.08 Å². The molecule has 0 saturated heterocycles. The van der Waals surface area contributed by atoms with E-state index in [0.29, 0.717) is 35.7 Å². The molecule has 0 aromatic heterocycles. The summed E-state index contributed by atoms with van der Waals surface area (Å²) in [5.41, 5.74) is 3.01. The van der Waals surface area contributed by atoms with Crippen LogP contribution in [0.1, 0.15) is 36.2 Å². The quantitative estimate of drug-likeness (QED) is 0.458. The fraction of sp³-hybridized carbons (Fsp3) is 0.348. The number of methoxy groups -OCH3 is 2. The number of carbonyl (C=O) groups excluding carboxylic acids is 1. The summed E-state index contributed by atoms with van der Waals surface area (Å²) >= 11 is 0. The summed E-state index contributed by atoms with van der Waals surface area (Å²) in [6.07, 6.45) is 2.47. The molecule has 0 aliphatic carbocycles. The van der Waals surface area contributed by atoms with Crippen LogP contribution in [0.2, 0.25) is 0 Å². The molecule has 0 aliphatic heterocycles. The zero-order valence-electron chi connectivity index (χ0n) is 17.5. The summed E-state index contributed by atoms with van der Waals surface area (Å²) in [4.78, 5) is 15.1. The number of nitrogens with zero attached hydrogens (tertiary/aromatic N) is 1. The van der Waals surface area contributed by atoms with Gasteiger partial charge >= 0.3 is 0 Å². The maximum atomic E-state index is 13.2. The van der Waals surface area contributed by atoms with Crippen LogP contribution in [-0.2, 0) is 0 Å². The van der Waals surface area contributed by atoms with Crippen molar-refractivity contribution >= 4 is 17.5 Å². The molecule has 5 heteroatoms. The van der Waals surface area contributed by atoms with Gasteiger partial charge in [-0.2, -0.15) is 0 Å². The Morgan fingerprint density at radius 3 is 2.29 bits per heavy atom. The second-order valence-electron chi connectivity index (χ2n) is 6.47. The van der Waals surface area contributed by atoms with E-state index in [-0.39, 0.29) is 5.78 Å². The van der Waals surface area contributed by atoms with Crippen molar-refractivity contribution in [3.05, 3.63) is 53.1 Å². The van der Waals surface area contributed by atoms with Crippen LogP contribution < -0.4 is 19.1 Å². The van der Waals surface area contributed by atoms with Gasteiger partial charge in [-0.25, -0.2) is 0 Å². The highest BCUT2D eigenvalue weighted by atomic mass is 16.5. The minimum Gasteiger partial charge on any atom is -0.497 e. The predicted molar refractivity (Wildman–Crippen MR) is 114 cm³/mol. The van der Waals surface area contributed by atoms with Crippen molar-refractivity contribution in [1.82, 2.24) is 0 Å². The highest BCUT2D eigenvalue weighted by Gasteiger charge is 2.16. The molecule has 150 valence electrons. The highest BCUT2D eigenvalue weighted by molar-refractivity contribution is 6.12. The lowest BCUT2D eigenvalue weighted by Crippen LogP contribution is -2.12. The van der Waals surface area contributed by atoms with E-state index in [9.17, 15) is 4.79 Å². The van der Waals surface area contributed by atoms with Crippen LogP contribution >= 0.6 is 0 Å². The van der Waals surface area contributed by atoms with Crippen LogP contribution in [0.4, 0.5) is 5.69 Å². The van der Waals surface area contributed by atoms with Gasteiger partial charge in [-0.3, -0.25) is 4.79 Å². The van der Waals surface area contributed by atoms with Gasteiger partial charge in [0.1, 0.15) is 17.2 Å². The Morgan fingerprint density at radius 1 is 1.00 bits per heavy atom. The highest BCUT2D eigenvalue weighted by Crippen LogP contribution is 2.31. The van der Waals surface area contributed by atoms with Crippen LogP contribution in [0, 0.1) is 0 Å². The standard InChI is InChI=1S/C23H29NO4/c1-7-16(13-18-14-19(26-5)10-12-21(18)27-6)23(25)17-9-11-22(28-8-2)20(15-17)24(3)4/h9-15H,7-8H2,1-6H3. The van der Waals surface area contributed by atoms with Crippen molar-refractivity contribution in [2.75, 3.05) is 39.8 Å². The summed E-state index contributed by atoms with van der Waals surface area (Å²) in [6.45, 7) is 4.49. The molecule has 5 nitrogen and oxygen atoms in total. The largest absolute Gasteiger partial charge is 0.497 e. The third kappa shape index (κ3) is 4.85. The van der Waals surface area contributed by atoms with Crippen LogP contribution in [-0.4, -0.2) is 40.7 Å². The van der Waals surface area contributed by atoms with E-state index >= 15 is 0 Å². The molecule has 0 unspecified atom stereocenters. The Morgan fingerprint density at radius 2 is 1.71 bits per heavy atom. The number of rotatable bonds is 9. The van der Waals surface area contributed by atoms with Crippen LogP contribution in [0.5, 0.6) is 17.2 Å². The second-order valence-corrected chi connectivity index (χ2v) is 6.47. The van der Waals surface area contributed by atoms with Crippen molar-refractivity contribution in [3.8, 4) is 17.2 Å². The van der Waals surface area contributed by atoms with E-state index < -0.39 is 0 Å². The molecule has 0 heterocycles. The van der Waals surface area contributed by atoms with Gasteiger partial charge in [-0.15, -0.1) is 0 Å². The third-order valence-electron chi connectivity index (χ3n) is 4.44. The number of hydrogen-bond acceptors (Lipinski definition) is 5. The number of ether oxygens (including phenoxy) is 3. The van der Waals surface area contributed by atoms with Gasteiger partial charge in [0.2, 0.25) is 0 Å². The number of Topliss-reactive ketones (excluding diaryl/α,β-unsaturated/α-hetero) is 1. The Balaban J connectivity index is 2.46. The zero-order valence-corrected chi connectivity index (χ0v) is 17.5. The minimum atomic E-state index is -0.0153. The third-order valence-corrected chi connectivity index (χ3v) is 4.44. The maximum Gasteiger partial charge on any atom is 0.189 e. The average Bonchev–Trinajstić information content (AvgIpc) is 2.71. The molecule has 2 aromatic carbocycles. The molecular formula is C23H29NO4. The van der Waals surface area contributed by atoms with Crippen molar-refractivity contribution < 1.29 is 19.0 Å². The Kier molecular flexibility index (Phi) is 7.50.